The Bertz CT molecular complexity index is 386. The summed E-state index contributed by atoms with van der Waals surface area (Å²) in [6, 6.07) is 3.10. The largest absolute Gasteiger partial charge is 0.481 e. The highest BCUT2D eigenvalue weighted by molar-refractivity contribution is 7.12. The zero-order valence-electron chi connectivity index (χ0n) is 9.39. The Labute approximate surface area is 104 Å². The van der Waals surface area contributed by atoms with Gasteiger partial charge in [0.2, 0.25) is 0 Å². The third-order valence-electron chi connectivity index (χ3n) is 2.24. The lowest BCUT2D eigenvalue weighted by Crippen LogP contribution is -2.37. The molecule has 0 saturated carbocycles. The second kappa shape index (κ2) is 6.98. The van der Waals surface area contributed by atoms with Crippen molar-refractivity contribution in [2.45, 2.75) is 18.9 Å². The van der Waals surface area contributed by atoms with Gasteiger partial charge in [-0.05, 0) is 17.9 Å². The number of hydrogen-bond acceptors (Lipinski definition) is 4. The van der Waals surface area contributed by atoms with Gasteiger partial charge in [0.15, 0.2) is 5.78 Å². The quantitative estimate of drug-likeness (QED) is 0.549. The number of nitrogens with one attached hydrogen (secondary N) is 1. The lowest BCUT2D eigenvalue weighted by Gasteiger charge is -2.14. The molecule has 5 heteroatoms. The van der Waals surface area contributed by atoms with Crippen LogP contribution in [0.25, 0.3) is 0 Å². The van der Waals surface area contributed by atoms with E-state index in [9.17, 15) is 9.59 Å². The first-order valence-corrected chi connectivity index (χ1v) is 6.17. The summed E-state index contributed by atoms with van der Waals surface area (Å²) >= 11 is 1.36. The lowest BCUT2D eigenvalue weighted by molar-refractivity contribution is -0.137. The molecule has 0 aliphatic heterocycles. The van der Waals surface area contributed by atoms with Crippen molar-refractivity contribution in [1.82, 2.24) is 5.32 Å². The third-order valence-corrected chi connectivity index (χ3v) is 3.12. The average molecular weight is 253 g/mol. The molecule has 2 N–H and O–H groups in total. The van der Waals surface area contributed by atoms with E-state index in [0.29, 0.717) is 17.8 Å². The molecule has 0 spiro atoms. The summed E-state index contributed by atoms with van der Waals surface area (Å²) in [6.07, 6.45) is 1.92. The van der Waals surface area contributed by atoms with E-state index in [-0.39, 0.29) is 12.2 Å². The fourth-order valence-corrected chi connectivity index (χ4v) is 2.13. The summed E-state index contributed by atoms with van der Waals surface area (Å²) in [4.78, 5) is 23.2. The van der Waals surface area contributed by atoms with E-state index in [1.807, 2.05) is 5.38 Å². The van der Waals surface area contributed by atoms with Crippen molar-refractivity contribution in [3.8, 4) is 0 Å². The number of thiophene rings is 1. The maximum atomic E-state index is 12.0. The van der Waals surface area contributed by atoms with Crippen LogP contribution in [-0.2, 0) is 4.79 Å². The van der Waals surface area contributed by atoms with Gasteiger partial charge >= 0.3 is 5.97 Å². The molecule has 4 nitrogen and oxygen atoms in total. The lowest BCUT2D eigenvalue weighted by atomic mass is 10.1. The Morgan fingerprint density at radius 2 is 2.35 bits per heavy atom. The molecule has 0 saturated heterocycles. The number of ketones is 1. The Morgan fingerprint density at radius 1 is 1.59 bits per heavy atom. The summed E-state index contributed by atoms with van der Waals surface area (Å²) in [6.45, 7) is 4.05. The number of carbonyl (C=O) groups excluding carboxylic acids is 1. The van der Waals surface area contributed by atoms with Gasteiger partial charge in [-0.15, -0.1) is 17.9 Å². The number of carboxylic acids is 1. The molecule has 1 unspecified atom stereocenters. The van der Waals surface area contributed by atoms with Crippen LogP contribution in [0.5, 0.6) is 0 Å². The first-order valence-electron chi connectivity index (χ1n) is 5.29. The number of carboxylic acid groups (broad SMARTS) is 1. The van der Waals surface area contributed by atoms with Gasteiger partial charge in [-0.2, -0.15) is 0 Å². The van der Waals surface area contributed by atoms with Crippen LogP contribution in [-0.4, -0.2) is 29.4 Å². The zero-order valence-corrected chi connectivity index (χ0v) is 10.2. The van der Waals surface area contributed by atoms with E-state index in [1.54, 1.807) is 18.2 Å². The second-order valence-corrected chi connectivity index (χ2v) is 4.47. The molecule has 17 heavy (non-hydrogen) atoms. The van der Waals surface area contributed by atoms with Gasteiger partial charge in [0.05, 0.1) is 10.9 Å². The molecule has 0 fully saturated rings. The Kier molecular flexibility index (Phi) is 5.59. The van der Waals surface area contributed by atoms with Gasteiger partial charge in [-0.25, -0.2) is 0 Å². The average Bonchev–Trinajstić information content (AvgIpc) is 2.81. The molecular formula is C12H15NO3S. The summed E-state index contributed by atoms with van der Waals surface area (Å²) in [5.41, 5.74) is 0. The van der Waals surface area contributed by atoms with Gasteiger partial charge in [-0.1, -0.05) is 12.1 Å². The van der Waals surface area contributed by atoms with Crippen LogP contribution in [0.3, 0.4) is 0 Å². The second-order valence-electron chi connectivity index (χ2n) is 3.52. The van der Waals surface area contributed by atoms with Crippen LogP contribution in [0.1, 0.15) is 22.5 Å². The first kappa shape index (κ1) is 13.6. The van der Waals surface area contributed by atoms with E-state index in [4.69, 9.17) is 5.11 Å². The van der Waals surface area contributed by atoms with Crippen LogP contribution in [0.15, 0.2) is 30.2 Å². The van der Waals surface area contributed by atoms with Crippen LogP contribution in [0, 0.1) is 0 Å². The number of carbonyl (C=O) groups is 2. The third kappa shape index (κ3) is 4.50. The predicted molar refractivity (Wildman–Crippen MR) is 67.5 cm³/mol. The molecule has 1 rings (SSSR count). The Morgan fingerprint density at radius 3 is 2.88 bits per heavy atom. The zero-order chi connectivity index (χ0) is 12.7. The highest BCUT2D eigenvalue weighted by Crippen LogP contribution is 2.13. The smallest absolute Gasteiger partial charge is 0.303 e. The molecule has 0 aliphatic carbocycles. The first-order chi connectivity index (χ1) is 8.15. The van der Waals surface area contributed by atoms with Crippen molar-refractivity contribution in [1.29, 1.82) is 0 Å². The maximum absolute atomic E-state index is 12.0. The minimum atomic E-state index is -0.894. The molecular weight excluding hydrogens is 238 g/mol. The van der Waals surface area contributed by atoms with E-state index < -0.39 is 12.0 Å². The summed E-state index contributed by atoms with van der Waals surface area (Å²) in [7, 11) is 0. The molecule has 1 aromatic rings. The molecule has 0 radical (unpaired) electrons. The molecule has 0 amide bonds. The molecule has 92 valence electrons. The highest BCUT2D eigenvalue weighted by Gasteiger charge is 2.20. The Hall–Kier alpha value is -1.46. The molecule has 0 aromatic carbocycles. The van der Waals surface area contributed by atoms with E-state index >= 15 is 0 Å². The van der Waals surface area contributed by atoms with E-state index in [2.05, 4.69) is 11.9 Å². The van der Waals surface area contributed by atoms with Gasteiger partial charge in [0, 0.05) is 13.0 Å². The molecule has 0 bridgehead atoms. The monoisotopic (exact) mass is 253 g/mol. The summed E-state index contributed by atoms with van der Waals surface area (Å²) in [5, 5.41) is 13.5. The topological polar surface area (TPSA) is 66.4 Å². The number of hydrogen-bond donors (Lipinski definition) is 2. The summed E-state index contributed by atoms with van der Waals surface area (Å²) in [5.74, 6) is -0.947. The molecule has 1 heterocycles. The fraction of sp³-hybridized carbons (Fsp3) is 0.333. The number of rotatable bonds is 8. The van der Waals surface area contributed by atoms with Crippen molar-refractivity contribution in [3.63, 3.8) is 0 Å². The van der Waals surface area contributed by atoms with Crippen LogP contribution >= 0.6 is 11.3 Å². The van der Waals surface area contributed by atoms with Crippen LogP contribution in [0.2, 0.25) is 0 Å². The van der Waals surface area contributed by atoms with Crippen LogP contribution in [0.4, 0.5) is 0 Å². The van der Waals surface area contributed by atoms with Crippen molar-refractivity contribution in [2.75, 3.05) is 6.54 Å². The maximum Gasteiger partial charge on any atom is 0.303 e. The van der Waals surface area contributed by atoms with Crippen molar-refractivity contribution >= 4 is 23.1 Å². The van der Waals surface area contributed by atoms with Crippen molar-refractivity contribution in [2.24, 2.45) is 0 Å². The normalized spacial score (nSPS) is 12.0. The fourth-order valence-electron chi connectivity index (χ4n) is 1.41. The van der Waals surface area contributed by atoms with Crippen molar-refractivity contribution in [3.05, 3.63) is 35.0 Å². The van der Waals surface area contributed by atoms with E-state index in [1.165, 1.54) is 11.3 Å². The van der Waals surface area contributed by atoms with Gasteiger partial charge in [0.1, 0.15) is 0 Å². The van der Waals surface area contributed by atoms with E-state index in [0.717, 1.165) is 0 Å². The molecule has 1 aromatic heterocycles. The Balaban J connectivity index is 2.64. The van der Waals surface area contributed by atoms with Gasteiger partial charge < -0.3 is 10.4 Å². The summed E-state index contributed by atoms with van der Waals surface area (Å²) < 4.78 is 0. The SMILES string of the molecule is C=CCNC(CCC(=O)O)C(=O)c1cccs1. The van der Waals surface area contributed by atoms with Gasteiger partial charge in [-0.3, -0.25) is 9.59 Å². The highest BCUT2D eigenvalue weighted by atomic mass is 32.1. The van der Waals surface area contributed by atoms with Crippen molar-refractivity contribution < 1.29 is 14.7 Å². The molecule has 1 atom stereocenters. The minimum absolute atomic E-state index is 0.0219. The van der Waals surface area contributed by atoms with Gasteiger partial charge in [0.25, 0.3) is 0 Å². The minimum Gasteiger partial charge on any atom is -0.481 e. The number of aliphatic carboxylic acids is 1. The predicted octanol–water partition coefficient (Wildman–Crippen LogP) is 1.94. The van der Waals surface area contributed by atoms with Crippen LogP contribution < -0.4 is 5.32 Å². The molecule has 0 aliphatic rings. The number of Topliss-reactive ketones (excluding diaryl/α,β-unsaturated/α-hetero) is 1. The standard InChI is InChI=1S/C12H15NO3S/c1-2-7-13-9(5-6-11(14)15)12(16)10-4-3-8-17-10/h2-4,8-9,13H,1,5-7H2,(H,14,15).